The van der Waals surface area contributed by atoms with Crippen LogP contribution in [0.15, 0.2) is 48.8 Å². The lowest BCUT2D eigenvalue weighted by Gasteiger charge is -2.27. The number of aromatic nitrogens is 2. The third-order valence-electron chi connectivity index (χ3n) is 6.65. The van der Waals surface area contributed by atoms with Crippen LogP contribution in [0.2, 0.25) is 0 Å². The highest BCUT2D eigenvalue weighted by atomic mass is 16.5. The summed E-state index contributed by atoms with van der Waals surface area (Å²) in [5.74, 6) is 0.424. The zero-order valence-electron chi connectivity index (χ0n) is 17.9. The van der Waals surface area contributed by atoms with Gasteiger partial charge >= 0.3 is 0 Å². The number of likely N-dealkylation sites (tertiary alicyclic amines) is 1. The Morgan fingerprint density at radius 1 is 1.42 bits per heavy atom. The zero-order chi connectivity index (χ0) is 21.8. The van der Waals surface area contributed by atoms with Crippen LogP contribution in [-0.4, -0.2) is 63.6 Å². The molecule has 2 fully saturated rings. The summed E-state index contributed by atoms with van der Waals surface area (Å²) in [6.45, 7) is 1.30. The monoisotopic (exact) mass is 422 g/mol. The molecule has 0 unspecified atom stereocenters. The summed E-state index contributed by atoms with van der Waals surface area (Å²) in [6, 6.07) is 7.69. The Bertz CT molecular complexity index is 1060. The lowest BCUT2D eigenvalue weighted by molar-refractivity contribution is -0.143. The van der Waals surface area contributed by atoms with Gasteiger partial charge in [0, 0.05) is 33.0 Å². The van der Waals surface area contributed by atoms with E-state index in [0.717, 1.165) is 17.1 Å². The second kappa shape index (κ2) is 7.23. The standard InChI is InChI=1S/C23H26N4O4/c1-25-10-9-24-18(25)13-26(2)21(28)19-17-7-8-23(31-17)14-27(22(29)20(19)23)12-15-5-4-6-16(11-15)30-3/h4-11,17,19-20H,12-14H2,1-3H3/t17-,19+,20-,23-/m0/s1. The van der Waals surface area contributed by atoms with E-state index in [2.05, 4.69) is 4.98 Å². The largest absolute Gasteiger partial charge is 0.497 e. The number of fused-ring (bicyclic) bond motifs is 1. The van der Waals surface area contributed by atoms with Crippen LogP contribution in [0.4, 0.5) is 0 Å². The number of nitrogens with zero attached hydrogens (tertiary/aromatic N) is 4. The second-order valence-electron chi connectivity index (χ2n) is 8.59. The van der Waals surface area contributed by atoms with Gasteiger partial charge in [0.25, 0.3) is 0 Å². The van der Waals surface area contributed by atoms with Gasteiger partial charge in [-0.25, -0.2) is 4.98 Å². The van der Waals surface area contributed by atoms with E-state index in [1.54, 1.807) is 30.2 Å². The summed E-state index contributed by atoms with van der Waals surface area (Å²) < 4.78 is 13.4. The normalized spacial score (nSPS) is 28.3. The van der Waals surface area contributed by atoms with Crippen molar-refractivity contribution in [2.45, 2.75) is 24.8 Å². The molecule has 0 radical (unpaired) electrons. The minimum absolute atomic E-state index is 0.0292. The first-order valence-electron chi connectivity index (χ1n) is 10.4. The molecule has 0 aliphatic carbocycles. The summed E-state index contributed by atoms with van der Waals surface area (Å²) in [6.07, 6.45) is 7.13. The van der Waals surface area contributed by atoms with Crippen molar-refractivity contribution in [3.05, 3.63) is 60.2 Å². The molecule has 1 aromatic carbocycles. The number of rotatable bonds is 6. The van der Waals surface area contributed by atoms with Gasteiger partial charge in [0.05, 0.1) is 38.1 Å². The highest BCUT2D eigenvalue weighted by molar-refractivity contribution is 5.93. The number of benzene rings is 1. The van der Waals surface area contributed by atoms with E-state index in [4.69, 9.17) is 9.47 Å². The molecule has 31 heavy (non-hydrogen) atoms. The summed E-state index contributed by atoms with van der Waals surface area (Å²) in [4.78, 5) is 34.6. The molecule has 162 valence electrons. The van der Waals surface area contributed by atoms with Crippen molar-refractivity contribution >= 4 is 11.8 Å². The van der Waals surface area contributed by atoms with Crippen LogP contribution in [0, 0.1) is 11.8 Å². The number of ether oxygens (including phenoxy) is 2. The van der Waals surface area contributed by atoms with E-state index in [9.17, 15) is 9.59 Å². The summed E-state index contributed by atoms with van der Waals surface area (Å²) >= 11 is 0. The molecule has 1 spiro atoms. The molecule has 0 N–H and O–H groups in total. The van der Waals surface area contributed by atoms with E-state index in [1.807, 2.05) is 54.2 Å². The minimum atomic E-state index is -0.717. The Labute approximate surface area is 181 Å². The van der Waals surface area contributed by atoms with Gasteiger partial charge in [-0.2, -0.15) is 0 Å². The Kier molecular flexibility index (Phi) is 4.62. The maximum atomic E-state index is 13.4. The van der Waals surface area contributed by atoms with E-state index in [0.29, 0.717) is 19.6 Å². The van der Waals surface area contributed by atoms with Crippen LogP contribution < -0.4 is 4.74 Å². The number of methoxy groups -OCH3 is 1. The first-order valence-corrected chi connectivity index (χ1v) is 10.4. The summed E-state index contributed by atoms with van der Waals surface area (Å²) in [5, 5.41) is 0. The van der Waals surface area contributed by atoms with Gasteiger partial charge in [0.15, 0.2) is 0 Å². The van der Waals surface area contributed by atoms with Crippen molar-refractivity contribution in [3.8, 4) is 5.75 Å². The number of hydrogen-bond acceptors (Lipinski definition) is 5. The molecular formula is C23H26N4O4. The van der Waals surface area contributed by atoms with Gasteiger partial charge in [0.2, 0.25) is 11.8 Å². The van der Waals surface area contributed by atoms with Crippen molar-refractivity contribution in [2.24, 2.45) is 18.9 Å². The lowest BCUT2D eigenvalue weighted by atomic mass is 9.76. The van der Waals surface area contributed by atoms with Crippen molar-refractivity contribution in [1.29, 1.82) is 0 Å². The molecule has 3 aliphatic heterocycles. The molecule has 4 heterocycles. The quantitative estimate of drug-likeness (QED) is 0.658. The smallest absolute Gasteiger partial charge is 0.230 e. The van der Waals surface area contributed by atoms with Crippen LogP contribution in [0.5, 0.6) is 5.75 Å². The van der Waals surface area contributed by atoms with Crippen LogP contribution in [0.1, 0.15) is 11.4 Å². The average Bonchev–Trinajstić information content (AvgIpc) is 3.50. The Hall–Kier alpha value is -3.13. The van der Waals surface area contributed by atoms with E-state index >= 15 is 0 Å². The van der Waals surface area contributed by atoms with Crippen LogP contribution in [0.3, 0.4) is 0 Å². The van der Waals surface area contributed by atoms with Crippen LogP contribution in [-0.2, 0) is 34.5 Å². The molecule has 5 rings (SSSR count). The van der Waals surface area contributed by atoms with Gasteiger partial charge in [-0.1, -0.05) is 24.3 Å². The number of imidazole rings is 1. The number of carbonyl (C=O) groups is 2. The molecule has 3 aliphatic rings. The first-order chi connectivity index (χ1) is 14.9. The summed E-state index contributed by atoms with van der Waals surface area (Å²) in [5.41, 5.74) is 0.266. The maximum Gasteiger partial charge on any atom is 0.230 e. The van der Waals surface area contributed by atoms with E-state index in [1.165, 1.54) is 0 Å². The minimum Gasteiger partial charge on any atom is -0.497 e. The third kappa shape index (κ3) is 3.13. The predicted molar refractivity (Wildman–Crippen MR) is 112 cm³/mol. The van der Waals surface area contributed by atoms with E-state index < -0.39 is 17.4 Å². The fraction of sp³-hybridized carbons (Fsp3) is 0.435. The van der Waals surface area contributed by atoms with Crippen molar-refractivity contribution < 1.29 is 19.1 Å². The van der Waals surface area contributed by atoms with Gasteiger partial charge in [0.1, 0.15) is 17.2 Å². The molecule has 2 saturated heterocycles. The molecule has 2 bridgehead atoms. The fourth-order valence-corrected chi connectivity index (χ4v) is 5.08. The predicted octanol–water partition coefficient (Wildman–Crippen LogP) is 1.37. The topological polar surface area (TPSA) is 76.9 Å². The second-order valence-corrected chi connectivity index (χ2v) is 8.59. The number of amides is 2. The van der Waals surface area contributed by atoms with Crippen LogP contribution in [0.25, 0.3) is 0 Å². The Morgan fingerprint density at radius 3 is 3.00 bits per heavy atom. The van der Waals surface area contributed by atoms with Crippen LogP contribution >= 0.6 is 0 Å². The Morgan fingerprint density at radius 2 is 2.26 bits per heavy atom. The van der Waals surface area contributed by atoms with Gasteiger partial charge < -0.3 is 23.8 Å². The van der Waals surface area contributed by atoms with E-state index in [-0.39, 0.29) is 17.9 Å². The fourth-order valence-electron chi connectivity index (χ4n) is 5.08. The molecule has 8 nitrogen and oxygen atoms in total. The third-order valence-corrected chi connectivity index (χ3v) is 6.65. The van der Waals surface area contributed by atoms with Gasteiger partial charge in [-0.05, 0) is 17.7 Å². The van der Waals surface area contributed by atoms with Crippen molar-refractivity contribution in [3.63, 3.8) is 0 Å². The number of aryl methyl sites for hydroxylation is 1. The lowest BCUT2D eigenvalue weighted by Crippen LogP contribution is -2.44. The highest BCUT2D eigenvalue weighted by Crippen LogP contribution is 2.52. The SMILES string of the molecule is COc1cccc(CN2C[C@]34C=C[C@H](O3)[C@@H](C(=O)N(C)Cc3nccn3C)[C@H]4C2=O)c1. The molecule has 2 amide bonds. The molecular weight excluding hydrogens is 396 g/mol. The van der Waals surface area contributed by atoms with Gasteiger partial charge in [-0.3, -0.25) is 9.59 Å². The average molecular weight is 422 g/mol. The number of hydrogen-bond donors (Lipinski definition) is 0. The highest BCUT2D eigenvalue weighted by Gasteiger charge is 2.67. The number of carbonyl (C=O) groups excluding carboxylic acids is 2. The first kappa shape index (κ1) is 19.8. The molecule has 8 heteroatoms. The summed E-state index contributed by atoms with van der Waals surface area (Å²) in [7, 11) is 5.28. The zero-order valence-corrected chi connectivity index (χ0v) is 17.9. The van der Waals surface area contributed by atoms with Gasteiger partial charge in [-0.15, -0.1) is 0 Å². The molecule has 0 saturated carbocycles. The molecule has 4 atom stereocenters. The Balaban J connectivity index is 1.36. The van der Waals surface area contributed by atoms with Crippen molar-refractivity contribution in [2.75, 3.05) is 20.7 Å². The molecule has 2 aromatic rings. The van der Waals surface area contributed by atoms with Crippen molar-refractivity contribution in [1.82, 2.24) is 19.4 Å². The maximum absolute atomic E-state index is 13.4. The molecule has 1 aromatic heterocycles.